The molecule has 0 radical (unpaired) electrons. The van der Waals surface area contributed by atoms with Gasteiger partial charge in [-0.2, -0.15) is 5.10 Å². The van der Waals surface area contributed by atoms with E-state index >= 15 is 0 Å². The van der Waals surface area contributed by atoms with E-state index in [4.69, 9.17) is 28.9 Å². The number of hydrogen-bond acceptors (Lipinski definition) is 2. The van der Waals surface area contributed by atoms with Crippen LogP contribution in [0.15, 0.2) is 24.3 Å². The third-order valence-electron chi connectivity index (χ3n) is 3.89. The maximum Gasteiger partial charge on any atom is 0.122 e. The molecule has 3 nitrogen and oxygen atoms in total. The number of halogens is 2. The highest BCUT2D eigenvalue weighted by Gasteiger charge is 2.19. The Bertz CT molecular complexity index is 616. The Morgan fingerprint density at radius 2 is 1.85 bits per heavy atom. The predicted octanol–water partition coefficient (Wildman–Crippen LogP) is 4.94. The van der Waals surface area contributed by atoms with Gasteiger partial charge in [-0.05, 0) is 31.0 Å². The van der Waals surface area contributed by atoms with Crippen LogP contribution >= 0.6 is 23.2 Å². The van der Waals surface area contributed by atoms with E-state index in [0.29, 0.717) is 21.9 Å². The van der Waals surface area contributed by atoms with Gasteiger partial charge in [0.1, 0.15) is 5.82 Å². The molecule has 20 heavy (non-hydrogen) atoms. The quantitative estimate of drug-likeness (QED) is 0.853. The fraction of sp³-hybridized carbons (Fsp3) is 0.400. The van der Waals surface area contributed by atoms with Crippen molar-refractivity contribution >= 4 is 29.0 Å². The second-order valence-corrected chi connectivity index (χ2v) is 6.16. The lowest BCUT2D eigenvalue weighted by Gasteiger charge is -2.22. The van der Waals surface area contributed by atoms with E-state index in [1.807, 2.05) is 22.9 Å². The molecule has 0 bridgehead atoms. The van der Waals surface area contributed by atoms with Gasteiger partial charge in [-0.3, -0.25) is 0 Å². The maximum atomic E-state index is 6.24. The van der Waals surface area contributed by atoms with Gasteiger partial charge in [0.05, 0.1) is 16.8 Å². The summed E-state index contributed by atoms with van der Waals surface area (Å²) < 4.78 is 1.96. The molecule has 1 aromatic heterocycles. The Hall–Kier alpha value is -1.19. The van der Waals surface area contributed by atoms with Gasteiger partial charge in [0.15, 0.2) is 0 Å². The number of nitrogens with zero attached hydrogens (tertiary/aromatic N) is 2. The number of nitrogens with two attached hydrogens (primary N) is 1. The van der Waals surface area contributed by atoms with Crippen LogP contribution in [-0.4, -0.2) is 9.78 Å². The average Bonchev–Trinajstić information content (AvgIpc) is 2.81. The molecule has 0 saturated heterocycles. The molecule has 0 unspecified atom stereocenters. The molecule has 3 rings (SSSR count). The first-order chi connectivity index (χ1) is 9.65. The maximum absolute atomic E-state index is 6.24. The van der Waals surface area contributed by atoms with Crippen LogP contribution in [-0.2, 0) is 0 Å². The predicted molar refractivity (Wildman–Crippen MR) is 84.2 cm³/mol. The molecule has 1 fully saturated rings. The van der Waals surface area contributed by atoms with Gasteiger partial charge in [-0.15, -0.1) is 0 Å². The van der Waals surface area contributed by atoms with E-state index in [-0.39, 0.29) is 0 Å². The first-order valence-corrected chi connectivity index (χ1v) is 7.71. The number of nitrogen functional groups attached to an aromatic ring is 1. The summed E-state index contributed by atoms with van der Waals surface area (Å²) in [5.74, 6) is 0.706. The zero-order chi connectivity index (χ0) is 14.1. The van der Waals surface area contributed by atoms with E-state index in [1.165, 1.54) is 19.3 Å². The lowest BCUT2D eigenvalue weighted by molar-refractivity contribution is 0.333. The second kappa shape index (κ2) is 5.66. The van der Waals surface area contributed by atoms with Crippen molar-refractivity contribution in [2.24, 2.45) is 0 Å². The zero-order valence-electron chi connectivity index (χ0n) is 11.1. The summed E-state index contributed by atoms with van der Waals surface area (Å²) in [5.41, 5.74) is 7.81. The number of aromatic nitrogens is 2. The smallest absolute Gasteiger partial charge is 0.122 e. The van der Waals surface area contributed by atoms with Gasteiger partial charge in [0.25, 0.3) is 0 Å². The molecule has 5 heteroatoms. The lowest BCUT2D eigenvalue weighted by atomic mass is 9.96. The van der Waals surface area contributed by atoms with Crippen LogP contribution in [0, 0.1) is 0 Å². The summed E-state index contributed by atoms with van der Waals surface area (Å²) in [6, 6.07) is 7.75. The molecule has 0 aliphatic heterocycles. The summed E-state index contributed by atoms with van der Waals surface area (Å²) in [6.45, 7) is 0. The van der Waals surface area contributed by atoms with Gasteiger partial charge in [-0.1, -0.05) is 42.5 Å². The molecule has 1 saturated carbocycles. The first-order valence-electron chi connectivity index (χ1n) is 6.95. The Morgan fingerprint density at radius 3 is 2.55 bits per heavy atom. The van der Waals surface area contributed by atoms with Gasteiger partial charge in [0, 0.05) is 16.7 Å². The van der Waals surface area contributed by atoms with Crippen LogP contribution in [0.1, 0.15) is 38.1 Å². The fourth-order valence-corrected chi connectivity index (χ4v) is 3.36. The summed E-state index contributed by atoms with van der Waals surface area (Å²) in [4.78, 5) is 0. The van der Waals surface area contributed by atoms with Crippen LogP contribution in [0.4, 0.5) is 5.82 Å². The van der Waals surface area contributed by atoms with Crippen molar-refractivity contribution in [2.75, 3.05) is 5.73 Å². The van der Waals surface area contributed by atoms with Crippen LogP contribution in [0.5, 0.6) is 0 Å². The number of benzene rings is 1. The van der Waals surface area contributed by atoms with Crippen LogP contribution in [0.2, 0.25) is 10.0 Å². The lowest BCUT2D eigenvalue weighted by Crippen LogP contribution is -2.16. The molecule has 1 aromatic carbocycles. The largest absolute Gasteiger partial charge is 0.384 e. The highest BCUT2D eigenvalue weighted by atomic mass is 35.5. The summed E-state index contributed by atoms with van der Waals surface area (Å²) in [7, 11) is 0. The summed E-state index contributed by atoms with van der Waals surface area (Å²) in [6.07, 6.45) is 6.12. The number of rotatable bonds is 2. The highest BCUT2D eigenvalue weighted by molar-refractivity contribution is 6.36. The average molecular weight is 310 g/mol. The van der Waals surface area contributed by atoms with Gasteiger partial charge in [-0.25, -0.2) is 4.68 Å². The van der Waals surface area contributed by atoms with Gasteiger partial charge in [0.2, 0.25) is 0 Å². The Labute approximate surface area is 128 Å². The van der Waals surface area contributed by atoms with E-state index in [9.17, 15) is 0 Å². The van der Waals surface area contributed by atoms with Crippen molar-refractivity contribution < 1.29 is 0 Å². The molecule has 1 aliphatic rings. The van der Waals surface area contributed by atoms with E-state index in [1.54, 1.807) is 6.07 Å². The molecule has 2 N–H and O–H groups in total. The minimum absolute atomic E-state index is 0.420. The first kappa shape index (κ1) is 13.8. The molecule has 1 heterocycles. The second-order valence-electron chi connectivity index (χ2n) is 5.32. The molecule has 0 spiro atoms. The van der Waals surface area contributed by atoms with Gasteiger partial charge < -0.3 is 5.73 Å². The normalized spacial score (nSPS) is 16.5. The Balaban J connectivity index is 1.95. The molecule has 0 atom stereocenters. The minimum Gasteiger partial charge on any atom is -0.384 e. The van der Waals surface area contributed by atoms with Crippen molar-refractivity contribution in [2.45, 2.75) is 38.1 Å². The highest BCUT2D eigenvalue weighted by Crippen LogP contribution is 2.34. The number of hydrogen-bond donors (Lipinski definition) is 1. The topological polar surface area (TPSA) is 43.8 Å². The van der Waals surface area contributed by atoms with Crippen molar-refractivity contribution in [1.82, 2.24) is 9.78 Å². The number of anilines is 1. The van der Waals surface area contributed by atoms with E-state index in [2.05, 4.69) is 5.10 Å². The van der Waals surface area contributed by atoms with Gasteiger partial charge >= 0.3 is 0 Å². The van der Waals surface area contributed by atoms with Crippen molar-refractivity contribution in [3.05, 3.63) is 34.3 Å². The molecular weight excluding hydrogens is 293 g/mol. The van der Waals surface area contributed by atoms with Crippen LogP contribution in [0.3, 0.4) is 0 Å². The zero-order valence-corrected chi connectivity index (χ0v) is 12.7. The molecule has 0 amide bonds. The molecular formula is C15H17Cl2N3. The van der Waals surface area contributed by atoms with Crippen molar-refractivity contribution in [1.29, 1.82) is 0 Å². The fourth-order valence-electron chi connectivity index (χ4n) is 2.86. The Morgan fingerprint density at radius 1 is 1.10 bits per heavy atom. The molecule has 1 aliphatic carbocycles. The van der Waals surface area contributed by atoms with Crippen LogP contribution in [0.25, 0.3) is 11.3 Å². The third-order valence-corrected chi connectivity index (χ3v) is 4.44. The monoisotopic (exact) mass is 309 g/mol. The summed E-state index contributed by atoms with van der Waals surface area (Å²) >= 11 is 12.2. The SMILES string of the molecule is Nc1cc(-c2ccc(Cl)cc2Cl)nn1C1CCCCC1. The van der Waals surface area contributed by atoms with Crippen molar-refractivity contribution in [3.63, 3.8) is 0 Å². The molecule has 2 aromatic rings. The minimum atomic E-state index is 0.420. The summed E-state index contributed by atoms with van der Waals surface area (Å²) in [5, 5.41) is 5.88. The molecule has 106 valence electrons. The van der Waals surface area contributed by atoms with Crippen molar-refractivity contribution in [3.8, 4) is 11.3 Å². The van der Waals surface area contributed by atoms with Crippen LogP contribution < -0.4 is 5.73 Å². The standard InChI is InChI=1S/C15H17Cl2N3/c16-10-6-7-12(13(17)8-10)14-9-15(18)20(19-14)11-4-2-1-3-5-11/h6-9,11H,1-5,18H2. The van der Waals surface area contributed by atoms with E-state index < -0.39 is 0 Å². The third kappa shape index (κ3) is 2.65. The van der Waals surface area contributed by atoms with E-state index in [0.717, 1.165) is 24.1 Å². The Kier molecular flexibility index (Phi) is 3.90.